The Bertz CT molecular complexity index is 245. The van der Waals surface area contributed by atoms with Gasteiger partial charge in [-0.2, -0.15) is 17.7 Å². The van der Waals surface area contributed by atoms with Crippen molar-refractivity contribution in [2.24, 2.45) is 0 Å². The summed E-state index contributed by atoms with van der Waals surface area (Å²) < 4.78 is 0. The second-order valence-corrected chi connectivity index (χ2v) is 2.60. The Kier molecular flexibility index (Phi) is 2.59. The standard InChI is InChI=1S/C7H11N3S/c1-5-6(3-2-4-11)7(8)10-9-5/h2-3,11H,4H2,1H3,(H3,8,9,10). The van der Waals surface area contributed by atoms with E-state index in [1.54, 1.807) is 0 Å². The molecule has 0 unspecified atom stereocenters. The van der Waals surface area contributed by atoms with E-state index in [0.29, 0.717) is 11.6 Å². The molecule has 60 valence electrons. The highest BCUT2D eigenvalue weighted by molar-refractivity contribution is 7.80. The number of aryl methyl sites for hydroxylation is 1. The van der Waals surface area contributed by atoms with Crippen LogP contribution in [0.4, 0.5) is 5.82 Å². The van der Waals surface area contributed by atoms with Gasteiger partial charge in [0.05, 0.1) is 0 Å². The van der Waals surface area contributed by atoms with E-state index in [-0.39, 0.29) is 0 Å². The van der Waals surface area contributed by atoms with Crippen molar-refractivity contribution < 1.29 is 0 Å². The van der Waals surface area contributed by atoms with Gasteiger partial charge in [0.25, 0.3) is 0 Å². The SMILES string of the molecule is Cc1[nH]nc(N)c1C=CCS. The smallest absolute Gasteiger partial charge is 0.152 e. The molecule has 0 amide bonds. The molecule has 0 fully saturated rings. The Labute approximate surface area is 71.1 Å². The maximum Gasteiger partial charge on any atom is 0.152 e. The fourth-order valence-electron chi connectivity index (χ4n) is 0.838. The van der Waals surface area contributed by atoms with Gasteiger partial charge >= 0.3 is 0 Å². The highest BCUT2D eigenvalue weighted by Gasteiger charge is 2.01. The zero-order valence-electron chi connectivity index (χ0n) is 6.33. The third-order valence-corrected chi connectivity index (χ3v) is 1.62. The van der Waals surface area contributed by atoms with E-state index < -0.39 is 0 Å². The van der Waals surface area contributed by atoms with Crippen molar-refractivity contribution in [1.82, 2.24) is 10.2 Å². The number of nitrogen functional groups attached to an aromatic ring is 1. The van der Waals surface area contributed by atoms with E-state index in [9.17, 15) is 0 Å². The van der Waals surface area contributed by atoms with E-state index >= 15 is 0 Å². The zero-order valence-corrected chi connectivity index (χ0v) is 7.23. The summed E-state index contributed by atoms with van der Waals surface area (Å²) in [6.45, 7) is 1.93. The number of aromatic nitrogens is 2. The first-order valence-electron chi connectivity index (χ1n) is 3.33. The van der Waals surface area contributed by atoms with Gasteiger partial charge in [0, 0.05) is 17.0 Å². The van der Waals surface area contributed by atoms with Gasteiger partial charge in [0.15, 0.2) is 5.82 Å². The lowest BCUT2D eigenvalue weighted by atomic mass is 10.2. The second kappa shape index (κ2) is 3.48. The first kappa shape index (κ1) is 8.20. The van der Waals surface area contributed by atoms with Crippen LogP contribution in [0.2, 0.25) is 0 Å². The van der Waals surface area contributed by atoms with Crippen molar-refractivity contribution in [1.29, 1.82) is 0 Å². The monoisotopic (exact) mass is 169 g/mol. The Hall–Kier alpha value is -0.900. The molecular formula is C7H11N3S. The summed E-state index contributed by atoms with van der Waals surface area (Å²) in [6, 6.07) is 0. The topological polar surface area (TPSA) is 54.7 Å². The molecule has 0 aliphatic rings. The summed E-state index contributed by atoms with van der Waals surface area (Å²) in [5, 5.41) is 6.64. The van der Waals surface area contributed by atoms with Crippen LogP contribution in [0.1, 0.15) is 11.3 Å². The minimum atomic E-state index is 0.542. The Morgan fingerprint density at radius 3 is 2.91 bits per heavy atom. The van der Waals surface area contributed by atoms with E-state index in [0.717, 1.165) is 11.3 Å². The fraction of sp³-hybridized carbons (Fsp3) is 0.286. The first-order valence-corrected chi connectivity index (χ1v) is 3.96. The van der Waals surface area contributed by atoms with E-state index in [4.69, 9.17) is 5.73 Å². The van der Waals surface area contributed by atoms with Crippen molar-refractivity contribution in [2.45, 2.75) is 6.92 Å². The van der Waals surface area contributed by atoms with Crippen molar-refractivity contribution >= 4 is 24.5 Å². The number of anilines is 1. The average molecular weight is 169 g/mol. The van der Waals surface area contributed by atoms with Crippen molar-refractivity contribution in [2.75, 3.05) is 11.5 Å². The highest BCUT2D eigenvalue weighted by Crippen LogP contribution is 2.13. The maximum absolute atomic E-state index is 5.56. The Morgan fingerprint density at radius 1 is 1.73 bits per heavy atom. The Morgan fingerprint density at radius 2 is 2.45 bits per heavy atom. The number of hydrogen-bond donors (Lipinski definition) is 3. The molecular weight excluding hydrogens is 158 g/mol. The lowest BCUT2D eigenvalue weighted by Crippen LogP contribution is -1.86. The van der Waals surface area contributed by atoms with Gasteiger partial charge in [-0.05, 0) is 6.92 Å². The van der Waals surface area contributed by atoms with Gasteiger partial charge < -0.3 is 5.73 Å². The van der Waals surface area contributed by atoms with Gasteiger partial charge in [0.2, 0.25) is 0 Å². The molecule has 1 heterocycles. The van der Waals surface area contributed by atoms with Crippen LogP contribution in [0.5, 0.6) is 0 Å². The number of nitrogens with two attached hydrogens (primary N) is 1. The lowest BCUT2D eigenvalue weighted by Gasteiger charge is -1.89. The molecule has 3 N–H and O–H groups in total. The predicted octanol–water partition coefficient (Wildman–Crippen LogP) is 1.24. The van der Waals surface area contributed by atoms with Crippen LogP contribution in [-0.4, -0.2) is 16.0 Å². The number of nitrogens with one attached hydrogen (secondary N) is 1. The summed E-state index contributed by atoms with van der Waals surface area (Å²) in [5.74, 6) is 1.25. The molecule has 0 radical (unpaired) electrons. The minimum Gasteiger partial charge on any atom is -0.382 e. The zero-order chi connectivity index (χ0) is 8.27. The van der Waals surface area contributed by atoms with Gasteiger partial charge in [-0.25, -0.2) is 0 Å². The molecule has 0 saturated carbocycles. The molecule has 0 aromatic carbocycles. The number of aromatic amines is 1. The lowest BCUT2D eigenvalue weighted by molar-refractivity contribution is 1.05. The maximum atomic E-state index is 5.56. The average Bonchev–Trinajstić information content (AvgIpc) is 2.29. The third-order valence-electron chi connectivity index (χ3n) is 1.41. The molecule has 11 heavy (non-hydrogen) atoms. The van der Waals surface area contributed by atoms with Crippen LogP contribution in [-0.2, 0) is 0 Å². The van der Waals surface area contributed by atoms with Gasteiger partial charge in [0.1, 0.15) is 0 Å². The fourth-order valence-corrected chi connectivity index (χ4v) is 0.943. The molecule has 0 spiro atoms. The minimum absolute atomic E-state index is 0.542. The largest absolute Gasteiger partial charge is 0.382 e. The van der Waals surface area contributed by atoms with Crippen LogP contribution in [0.3, 0.4) is 0 Å². The molecule has 0 bridgehead atoms. The third kappa shape index (κ3) is 1.77. The predicted molar refractivity (Wildman–Crippen MR) is 50.6 cm³/mol. The quantitative estimate of drug-likeness (QED) is 0.583. The molecule has 0 saturated heterocycles. The summed E-state index contributed by atoms with van der Waals surface area (Å²) in [5.41, 5.74) is 7.51. The number of rotatable bonds is 2. The van der Waals surface area contributed by atoms with E-state index in [1.807, 2.05) is 19.1 Å². The van der Waals surface area contributed by atoms with Crippen LogP contribution >= 0.6 is 12.6 Å². The van der Waals surface area contributed by atoms with Crippen LogP contribution < -0.4 is 5.73 Å². The summed E-state index contributed by atoms with van der Waals surface area (Å²) in [4.78, 5) is 0. The van der Waals surface area contributed by atoms with Crippen LogP contribution in [0, 0.1) is 6.92 Å². The van der Waals surface area contributed by atoms with E-state index in [1.165, 1.54) is 0 Å². The van der Waals surface area contributed by atoms with Gasteiger partial charge in [-0.1, -0.05) is 12.2 Å². The number of nitrogens with zero attached hydrogens (tertiary/aromatic N) is 1. The van der Waals surface area contributed by atoms with E-state index in [2.05, 4.69) is 22.8 Å². The molecule has 1 aromatic rings. The molecule has 0 aliphatic heterocycles. The van der Waals surface area contributed by atoms with Crippen LogP contribution in [0.15, 0.2) is 6.08 Å². The summed E-state index contributed by atoms with van der Waals surface area (Å²) >= 11 is 4.04. The van der Waals surface area contributed by atoms with Gasteiger partial charge in [-0.3, -0.25) is 5.10 Å². The molecule has 4 heteroatoms. The second-order valence-electron chi connectivity index (χ2n) is 2.23. The molecule has 1 rings (SSSR count). The molecule has 3 nitrogen and oxygen atoms in total. The van der Waals surface area contributed by atoms with Crippen molar-refractivity contribution in [3.05, 3.63) is 17.3 Å². The summed E-state index contributed by atoms with van der Waals surface area (Å²) in [6.07, 6.45) is 3.85. The normalized spacial score (nSPS) is 11.1. The van der Waals surface area contributed by atoms with Crippen molar-refractivity contribution in [3.8, 4) is 0 Å². The highest BCUT2D eigenvalue weighted by atomic mass is 32.1. The van der Waals surface area contributed by atoms with Crippen LogP contribution in [0.25, 0.3) is 6.08 Å². The molecule has 0 aliphatic carbocycles. The summed E-state index contributed by atoms with van der Waals surface area (Å²) in [7, 11) is 0. The number of thiol groups is 1. The Balaban J connectivity index is 2.92. The molecule has 0 atom stereocenters. The molecule has 1 aromatic heterocycles. The van der Waals surface area contributed by atoms with Crippen molar-refractivity contribution in [3.63, 3.8) is 0 Å². The first-order chi connectivity index (χ1) is 5.25. The van der Waals surface area contributed by atoms with Gasteiger partial charge in [-0.15, -0.1) is 0 Å². The number of hydrogen-bond acceptors (Lipinski definition) is 3. The number of H-pyrrole nitrogens is 1.